The molecule has 2 atom stereocenters. The summed E-state index contributed by atoms with van der Waals surface area (Å²) in [6.45, 7) is 12.6. The average Bonchev–Trinajstić information content (AvgIpc) is 2.16. The van der Waals surface area contributed by atoms with E-state index in [4.69, 9.17) is 0 Å². The van der Waals surface area contributed by atoms with Crippen LogP contribution in [0.5, 0.6) is 0 Å². The maximum absolute atomic E-state index is 3.65. The molecule has 0 bridgehead atoms. The van der Waals surface area contributed by atoms with E-state index in [0.29, 0.717) is 6.04 Å². The van der Waals surface area contributed by atoms with Gasteiger partial charge < -0.3 is 5.32 Å². The zero-order chi connectivity index (χ0) is 11.0. The molecular weight excluding hydrogens is 190 g/mol. The largest absolute Gasteiger partial charge is 0.313 e. The van der Waals surface area contributed by atoms with E-state index >= 15 is 0 Å². The molecule has 86 valence electrons. The standard InChI is InChI=1S/C12H27NS/c1-6-8-13-12(11(5)7-2)9-14-10(3)4/h10-13H,6-9H2,1-5H3. The Morgan fingerprint density at radius 1 is 1.14 bits per heavy atom. The van der Waals surface area contributed by atoms with E-state index in [-0.39, 0.29) is 0 Å². The lowest BCUT2D eigenvalue weighted by Gasteiger charge is -2.24. The third-order valence-electron chi connectivity index (χ3n) is 2.60. The van der Waals surface area contributed by atoms with Gasteiger partial charge in [-0.2, -0.15) is 11.8 Å². The molecule has 0 aliphatic heterocycles. The van der Waals surface area contributed by atoms with Crippen LogP contribution in [0.3, 0.4) is 0 Å². The summed E-state index contributed by atoms with van der Waals surface area (Å²) < 4.78 is 0. The van der Waals surface area contributed by atoms with Gasteiger partial charge in [-0.1, -0.05) is 41.0 Å². The third kappa shape index (κ3) is 6.72. The molecular formula is C12H27NS. The minimum Gasteiger partial charge on any atom is -0.313 e. The normalized spacial score (nSPS) is 15.9. The van der Waals surface area contributed by atoms with Gasteiger partial charge >= 0.3 is 0 Å². The number of nitrogens with one attached hydrogen (secondary N) is 1. The molecule has 0 aromatic rings. The third-order valence-corrected chi connectivity index (χ3v) is 3.81. The van der Waals surface area contributed by atoms with Crippen molar-refractivity contribution in [2.75, 3.05) is 12.3 Å². The Labute approximate surface area is 94.4 Å². The molecule has 0 amide bonds. The van der Waals surface area contributed by atoms with Crippen molar-refractivity contribution in [1.29, 1.82) is 0 Å². The first kappa shape index (κ1) is 14.3. The zero-order valence-corrected chi connectivity index (χ0v) is 11.3. The molecule has 0 radical (unpaired) electrons. The lowest BCUT2D eigenvalue weighted by atomic mass is 10.0. The first-order valence-electron chi connectivity index (χ1n) is 5.96. The molecule has 0 spiro atoms. The minimum absolute atomic E-state index is 0.701. The van der Waals surface area contributed by atoms with E-state index < -0.39 is 0 Å². The smallest absolute Gasteiger partial charge is 0.0183 e. The lowest BCUT2D eigenvalue weighted by molar-refractivity contribution is 0.396. The summed E-state index contributed by atoms with van der Waals surface area (Å²) in [5.74, 6) is 2.06. The Kier molecular flexibility index (Phi) is 8.80. The highest BCUT2D eigenvalue weighted by Crippen LogP contribution is 2.17. The lowest BCUT2D eigenvalue weighted by Crippen LogP contribution is -2.37. The second kappa shape index (κ2) is 8.60. The summed E-state index contributed by atoms with van der Waals surface area (Å²) in [4.78, 5) is 0. The monoisotopic (exact) mass is 217 g/mol. The molecule has 0 saturated carbocycles. The Bertz CT molecular complexity index is 125. The van der Waals surface area contributed by atoms with Gasteiger partial charge in [-0.15, -0.1) is 0 Å². The van der Waals surface area contributed by atoms with Crippen molar-refractivity contribution in [2.45, 2.75) is 58.8 Å². The number of rotatable bonds is 8. The van der Waals surface area contributed by atoms with Crippen molar-refractivity contribution in [1.82, 2.24) is 5.32 Å². The molecule has 0 saturated heterocycles. The van der Waals surface area contributed by atoms with Crippen molar-refractivity contribution in [2.24, 2.45) is 5.92 Å². The van der Waals surface area contributed by atoms with Crippen molar-refractivity contribution in [3.63, 3.8) is 0 Å². The molecule has 2 heteroatoms. The van der Waals surface area contributed by atoms with Crippen molar-refractivity contribution < 1.29 is 0 Å². The summed E-state index contributed by atoms with van der Waals surface area (Å²) in [6, 6.07) is 0.701. The fourth-order valence-corrected chi connectivity index (χ4v) is 2.37. The van der Waals surface area contributed by atoms with Gasteiger partial charge in [-0.3, -0.25) is 0 Å². The predicted molar refractivity (Wildman–Crippen MR) is 69.1 cm³/mol. The molecule has 1 N–H and O–H groups in total. The summed E-state index contributed by atoms with van der Waals surface area (Å²) in [7, 11) is 0. The van der Waals surface area contributed by atoms with Gasteiger partial charge in [-0.05, 0) is 24.1 Å². The fourth-order valence-electron chi connectivity index (χ4n) is 1.33. The summed E-state index contributed by atoms with van der Waals surface area (Å²) in [5, 5.41) is 4.41. The highest BCUT2D eigenvalue weighted by atomic mass is 32.2. The Morgan fingerprint density at radius 3 is 2.21 bits per heavy atom. The quantitative estimate of drug-likeness (QED) is 0.667. The second-order valence-electron chi connectivity index (χ2n) is 4.33. The SMILES string of the molecule is CCCNC(CSC(C)C)C(C)CC. The maximum atomic E-state index is 3.65. The van der Waals surface area contributed by atoms with Crippen LogP contribution in [-0.2, 0) is 0 Å². The van der Waals surface area contributed by atoms with E-state index in [9.17, 15) is 0 Å². The molecule has 0 rings (SSSR count). The van der Waals surface area contributed by atoms with Crippen LogP contribution in [0, 0.1) is 5.92 Å². The van der Waals surface area contributed by atoms with Gasteiger partial charge in [0.2, 0.25) is 0 Å². The van der Waals surface area contributed by atoms with Gasteiger partial charge in [0, 0.05) is 11.8 Å². The van der Waals surface area contributed by atoms with Crippen molar-refractivity contribution in [3.05, 3.63) is 0 Å². The molecule has 2 unspecified atom stereocenters. The van der Waals surface area contributed by atoms with E-state index in [1.54, 1.807) is 0 Å². The molecule has 0 heterocycles. The van der Waals surface area contributed by atoms with Crippen LogP contribution < -0.4 is 5.32 Å². The Hall–Kier alpha value is 0.310. The number of hydrogen-bond acceptors (Lipinski definition) is 2. The van der Waals surface area contributed by atoms with Gasteiger partial charge in [-0.25, -0.2) is 0 Å². The van der Waals surface area contributed by atoms with Crippen LogP contribution in [0.25, 0.3) is 0 Å². The summed E-state index contributed by atoms with van der Waals surface area (Å²) in [6.07, 6.45) is 2.51. The zero-order valence-electron chi connectivity index (χ0n) is 10.5. The average molecular weight is 217 g/mol. The topological polar surface area (TPSA) is 12.0 Å². The van der Waals surface area contributed by atoms with Crippen LogP contribution in [0.4, 0.5) is 0 Å². The highest BCUT2D eigenvalue weighted by molar-refractivity contribution is 7.99. The molecule has 0 aliphatic carbocycles. The predicted octanol–water partition coefficient (Wildman–Crippen LogP) is 3.54. The summed E-state index contributed by atoms with van der Waals surface area (Å²) >= 11 is 2.07. The first-order chi connectivity index (χ1) is 6.61. The van der Waals surface area contributed by atoms with Gasteiger partial charge in [0.25, 0.3) is 0 Å². The van der Waals surface area contributed by atoms with E-state index in [2.05, 4.69) is 51.7 Å². The van der Waals surface area contributed by atoms with Gasteiger partial charge in [0.15, 0.2) is 0 Å². The molecule has 0 aromatic carbocycles. The van der Waals surface area contributed by atoms with Crippen molar-refractivity contribution in [3.8, 4) is 0 Å². The van der Waals surface area contributed by atoms with E-state index in [0.717, 1.165) is 17.7 Å². The van der Waals surface area contributed by atoms with Crippen molar-refractivity contribution >= 4 is 11.8 Å². The first-order valence-corrected chi connectivity index (χ1v) is 7.01. The van der Waals surface area contributed by atoms with Crippen LogP contribution in [0.1, 0.15) is 47.5 Å². The molecule has 0 aromatic heterocycles. The van der Waals surface area contributed by atoms with E-state index in [1.807, 2.05) is 0 Å². The molecule has 0 aliphatic rings. The van der Waals surface area contributed by atoms with Gasteiger partial charge in [0.1, 0.15) is 0 Å². The fraction of sp³-hybridized carbons (Fsp3) is 1.00. The maximum Gasteiger partial charge on any atom is 0.0183 e. The van der Waals surface area contributed by atoms with Crippen LogP contribution in [0.15, 0.2) is 0 Å². The van der Waals surface area contributed by atoms with Crippen LogP contribution in [-0.4, -0.2) is 23.6 Å². The Balaban J connectivity index is 3.84. The van der Waals surface area contributed by atoms with E-state index in [1.165, 1.54) is 18.6 Å². The molecule has 0 fully saturated rings. The van der Waals surface area contributed by atoms with Crippen LogP contribution >= 0.6 is 11.8 Å². The van der Waals surface area contributed by atoms with Crippen LogP contribution in [0.2, 0.25) is 0 Å². The minimum atomic E-state index is 0.701. The number of hydrogen-bond donors (Lipinski definition) is 1. The summed E-state index contributed by atoms with van der Waals surface area (Å²) in [5.41, 5.74) is 0. The number of thioether (sulfide) groups is 1. The highest BCUT2D eigenvalue weighted by Gasteiger charge is 2.15. The van der Waals surface area contributed by atoms with Gasteiger partial charge in [0.05, 0.1) is 0 Å². The molecule has 14 heavy (non-hydrogen) atoms. The Morgan fingerprint density at radius 2 is 1.79 bits per heavy atom. The molecule has 1 nitrogen and oxygen atoms in total. The second-order valence-corrected chi connectivity index (χ2v) is 5.94.